The Bertz CT molecular complexity index is 323. The maximum Gasteiger partial charge on any atom is 0.151 e. The molecular formula is C12H15BrO2. The Kier molecular flexibility index (Phi) is 5.40. The van der Waals surface area contributed by atoms with E-state index >= 15 is 0 Å². The number of benzene rings is 1. The summed E-state index contributed by atoms with van der Waals surface area (Å²) in [6.45, 7) is 2.86. The van der Waals surface area contributed by atoms with Gasteiger partial charge in [0.15, 0.2) is 6.29 Å². The number of aldehydes is 1. The lowest BCUT2D eigenvalue weighted by Crippen LogP contribution is -1.98. The number of hydrogen-bond acceptors (Lipinski definition) is 2. The lowest BCUT2D eigenvalue weighted by molar-refractivity contribution is 0.112. The Morgan fingerprint density at radius 3 is 2.87 bits per heavy atom. The smallest absolute Gasteiger partial charge is 0.151 e. The molecule has 0 bridgehead atoms. The van der Waals surface area contributed by atoms with Gasteiger partial charge in [0.05, 0.1) is 11.1 Å². The number of carbonyl (C=O) groups excluding carboxylic acids is 1. The monoisotopic (exact) mass is 270 g/mol. The van der Waals surface area contributed by atoms with Gasteiger partial charge in [-0.05, 0) is 28.4 Å². The molecule has 1 rings (SSSR count). The first kappa shape index (κ1) is 12.2. The van der Waals surface area contributed by atoms with Gasteiger partial charge in [-0.25, -0.2) is 0 Å². The molecule has 82 valence electrons. The standard InChI is InChI=1S/C12H15BrO2/c1-2-3-4-8-15-11-7-5-6-10(9-14)12(11)13/h5-7,9H,2-4,8H2,1H3. The Hall–Kier alpha value is -0.830. The molecule has 0 aliphatic rings. The second-order valence-electron chi connectivity index (χ2n) is 3.33. The molecule has 2 nitrogen and oxygen atoms in total. The molecule has 1 aromatic rings. The van der Waals surface area contributed by atoms with Crippen LogP contribution >= 0.6 is 15.9 Å². The van der Waals surface area contributed by atoms with E-state index < -0.39 is 0 Å². The highest BCUT2D eigenvalue weighted by Gasteiger charge is 2.05. The summed E-state index contributed by atoms with van der Waals surface area (Å²) in [4.78, 5) is 10.7. The average molecular weight is 271 g/mol. The summed E-state index contributed by atoms with van der Waals surface area (Å²) < 4.78 is 6.32. The zero-order chi connectivity index (χ0) is 11.1. The SMILES string of the molecule is CCCCCOc1cccc(C=O)c1Br. The minimum Gasteiger partial charge on any atom is -0.492 e. The number of unbranched alkanes of at least 4 members (excludes halogenated alkanes) is 2. The van der Waals surface area contributed by atoms with E-state index in [1.807, 2.05) is 12.1 Å². The normalized spacial score (nSPS) is 10.0. The van der Waals surface area contributed by atoms with Crippen LogP contribution in [0.4, 0.5) is 0 Å². The molecule has 0 spiro atoms. The molecule has 0 amide bonds. The molecule has 0 saturated carbocycles. The number of halogens is 1. The van der Waals surface area contributed by atoms with Gasteiger partial charge in [0.25, 0.3) is 0 Å². The molecule has 0 heterocycles. The quantitative estimate of drug-likeness (QED) is 0.580. The maximum absolute atomic E-state index is 10.7. The summed E-state index contributed by atoms with van der Waals surface area (Å²) >= 11 is 3.35. The van der Waals surface area contributed by atoms with Crippen molar-refractivity contribution in [3.63, 3.8) is 0 Å². The first-order valence-electron chi connectivity index (χ1n) is 5.16. The zero-order valence-corrected chi connectivity index (χ0v) is 10.4. The Balaban J connectivity index is 2.57. The van der Waals surface area contributed by atoms with E-state index in [1.165, 1.54) is 12.8 Å². The van der Waals surface area contributed by atoms with Crippen molar-refractivity contribution in [2.45, 2.75) is 26.2 Å². The van der Waals surface area contributed by atoms with Crippen molar-refractivity contribution in [3.8, 4) is 5.75 Å². The van der Waals surface area contributed by atoms with Gasteiger partial charge in [0.1, 0.15) is 5.75 Å². The Labute approximate surface area is 98.8 Å². The van der Waals surface area contributed by atoms with Crippen LogP contribution in [0.1, 0.15) is 36.5 Å². The lowest BCUT2D eigenvalue weighted by atomic mass is 10.2. The summed E-state index contributed by atoms with van der Waals surface area (Å²) in [5, 5.41) is 0. The van der Waals surface area contributed by atoms with Crippen LogP contribution in [0.3, 0.4) is 0 Å². The highest BCUT2D eigenvalue weighted by atomic mass is 79.9. The number of ether oxygens (including phenoxy) is 1. The van der Waals surface area contributed by atoms with E-state index in [0.29, 0.717) is 12.2 Å². The lowest BCUT2D eigenvalue weighted by Gasteiger charge is -2.08. The third-order valence-corrected chi connectivity index (χ3v) is 2.97. The largest absolute Gasteiger partial charge is 0.492 e. The van der Waals surface area contributed by atoms with E-state index in [-0.39, 0.29) is 0 Å². The summed E-state index contributed by atoms with van der Waals surface area (Å²) in [5.41, 5.74) is 0.628. The molecule has 0 unspecified atom stereocenters. The van der Waals surface area contributed by atoms with E-state index in [9.17, 15) is 4.79 Å². The number of rotatable bonds is 6. The van der Waals surface area contributed by atoms with Crippen molar-refractivity contribution in [2.24, 2.45) is 0 Å². The van der Waals surface area contributed by atoms with E-state index in [0.717, 1.165) is 22.9 Å². The summed E-state index contributed by atoms with van der Waals surface area (Å²) in [6.07, 6.45) is 4.22. The molecule has 0 aromatic heterocycles. The first-order chi connectivity index (χ1) is 7.29. The van der Waals surface area contributed by atoms with Gasteiger partial charge in [-0.1, -0.05) is 31.9 Å². The van der Waals surface area contributed by atoms with Gasteiger partial charge in [0.2, 0.25) is 0 Å². The van der Waals surface area contributed by atoms with Gasteiger partial charge in [-0.3, -0.25) is 4.79 Å². The number of hydrogen-bond donors (Lipinski definition) is 0. The molecule has 0 N–H and O–H groups in total. The molecule has 1 aromatic carbocycles. The van der Waals surface area contributed by atoms with Crippen LogP contribution in [0.2, 0.25) is 0 Å². The zero-order valence-electron chi connectivity index (χ0n) is 8.83. The molecular weight excluding hydrogens is 256 g/mol. The topological polar surface area (TPSA) is 26.3 Å². The highest BCUT2D eigenvalue weighted by molar-refractivity contribution is 9.10. The number of carbonyl (C=O) groups is 1. The Morgan fingerprint density at radius 1 is 1.40 bits per heavy atom. The van der Waals surface area contributed by atoms with Crippen LogP contribution in [0.5, 0.6) is 5.75 Å². The molecule has 15 heavy (non-hydrogen) atoms. The molecule has 3 heteroatoms. The fourth-order valence-corrected chi connectivity index (χ4v) is 1.74. The van der Waals surface area contributed by atoms with Gasteiger partial charge < -0.3 is 4.74 Å². The fraction of sp³-hybridized carbons (Fsp3) is 0.417. The van der Waals surface area contributed by atoms with Crippen molar-refractivity contribution < 1.29 is 9.53 Å². The predicted molar refractivity (Wildman–Crippen MR) is 64.5 cm³/mol. The second-order valence-corrected chi connectivity index (χ2v) is 4.13. The minimum atomic E-state index is 0.628. The van der Waals surface area contributed by atoms with Crippen molar-refractivity contribution in [1.82, 2.24) is 0 Å². The summed E-state index contributed by atoms with van der Waals surface area (Å²) in [6, 6.07) is 5.45. The summed E-state index contributed by atoms with van der Waals surface area (Å²) in [5.74, 6) is 0.746. The highest BCUT2D eigenvalue weighted by Crippen LogP contribution is 2.27. The molecule has 0 saturated heterocycles. The van der Waals surface area contributed by atoms with Gasteiger partial charge >= 0.3 is 0 Å². The third kappa shape index (κ3) is 3.67. The fourth-order valence-electron chi connectivity index (χ4n) is 1.26. The molecule has 0 radical (unpaired) electrons. The van der Waals surface area contributed by atoms with E-state index in [2.05, 4.69) is 22.9 Å². The predicted octanol–water partition coefficient (Wildman–Crippen LogP) is 3.83. The molecule has 0 atom stereocenters. The molecule has 0 aliphatic heterocycles. The third-order valence-electron chi connectivity index (χ3n) is 2.13. The molecule has 0 aliphatic carbocycles. The van der Waals surface area contributed by atoms with Gasteiger partial charge in [-0.2, -0.15) is 0 Å². The van der Waals surface area contributed by atoms with Crippen LogP contribution in [0.15, 0.2) is 22.7 Å². The van der Waals surface area contributed by atoms with Crippen molar-refractivity contribution in [2.75, 3.05) is 6.61 Å². The van der Waals surface area contributed by atoms with E-state index in [4.69, 9.17) is 4.74 Å². The second kappa shape index (κ2) is 6.62. The van der Waals surface area contributed by atoms with Crippen molar-refractivity contribution >= 4 is 22.2 Å². The van der Waals surface area contributed by atoms with Crippen molar-refractivity contribution in [1.29, 1.82) is 0 Å². The van der Waals surface area contributed by atoms with Crippen LogP contribution in [-0.2, 0) is 0 Å². The average Bonchev–Trinajstić information content (AvgIpc) is 2.26. The Morgan fingerprint density at radius 2 is 2.20 bits per heavy atom. The van der Waals surface area contributed by atoms with Crippen LogP contribution in [0.25, 0.3) is 0 Å². The summed E-state index contributed by atoms with van der Waals surface area (Å²) in [7, 11) is 0. The van der Waals surface area contributed by atoms with Crippen LogP contribution in [0, 0.1) is 0 Å². The first-order valence-corrected chi connectivity index (χ1v) is 5.95. The van der Waals surface area contributed by atoms with Gasteiger partial charge in [0, 0.05) is 5.56 Å². The minimum absolute atomic E-state index is 0.628. The van der Waals surface area contributed by atoms with Crippen molar-refractivity contribution in [3.05, 3.63) is 28.2 Å². The van der Waals surface area contributed by atoms with Crippen LogP contribution < -0.4 is 4.74 Å². The van der Waals surface area contributed by atoms with Crippen LogP contribution in [-0.4, -0.2) is 12.9 Å². The van der Waals surface area contributed by atoms with Gasteiger partial charge in [-0.15, -0.1) is 0 Å². The van der Waals surface area contributed by atoms with E-state index in [1.54, 1.807) is 6.07 Å². The molecule has 0 fully saturated rings. The maximum atomic E-state index is 10.7.